The molecule has 3 heterocycles. The minimum absolute atomic E-state index is 0.0795. The van der Waals surface area contributed by atoms with E-state index in [1.807, 2.05) is 0 Å². The number of amides is 1. The number of rotatable bonds is 6. The van der Waals surface area contributed by atoms with Crippen LogP contribution in [-0.2, 0) is 4.74 Å². The van der Waals surface area contributed by atoms with Crippen LogP contribution in [0.4, 0.5) is 0 Å². The summed E-state index contributed by atoms with van der Waals surface area (Å²) in [6.07, 6.45) is 4.01. The van der Waals surface area contributed by atoms with Crippen LogP contribution in [0.2, 0.25) is 0 Å². The minimum Gasteiger partial charge on any atom is -0.474 e. The van der Waals surface area contributed by atoms with Crippen molar-refractivity contribution in [3.8, 4) is 5.88 Å². The maximum absolute atomic E-state index is 12.1. The van der Waals surface area contributed by atoms with E-state index in [4.69, 9.17) is 9.47 Å². The number of aliphatic hydroxyl groups is 1. The van der Waals surface area contributed by atoms with Crippen molar-refractivity contribution in [2.45, 2.75) is 25.0 Å². The van der Waals surface area contributed by atoms with Crippen LogP contribution in [0, 0.1) is 0 Å². The fourth-order valence-corrected chi connectivity index (χ4v) is 2.52. The SMILES string of the molecule is O=C(NC[C@H](O)c1ccccn1)c1ccc(OC2CCOCC2)nc1. The molecule has 3 rings (SSSR count). The molecular weight excluding hydrogens is 322 g/mol. The van der Waals surface area contributed by atoms with Crippen molar-refractivity contribution in [3.05, 3.63) is 54.0 Å². The molecule has 0 radical (unpaired) electrons. The van der Waals surface area contributed by atoms with Crippen molar-refractivity contribution < 1.29 is 19.4 Å². The lowest BCUT2D eigenvalue weighted by molar-refractivity contribution is 0.0237. The van der Waals surface area contributed by atoms with Crippen LogP contribution in [0.15, 0.2) is 42.7 Å². The van der Waals surface area contributed by atoms with Gasteiger partial charge in [-0.3, -0.25) is 9.78 Å². The third-order valence-corrected chi connectivity index (χ3v) is 3.94. The summed E-state index contributed by atoms with van der Waals surface area (Å²) in [4.78, 5) is 20.4. The van der Waals surface area contributed by atoms with Crippen LogP contribution in [0.5, 0.6) is 5.88 Å². The zero-order chi connectivity index (χ0) is 17.5. The summed E-state index contributed by atoms with van der Waals surface area (Å²) in [6, 6.07) is 8.60. The van der Waals surface area contributed by atoms with Gasteiger partial charge in [0.15, 0.2) is 0 Å². The van der Waals surface area contributed by atoms with Gasteiger partial charge in [-0.1, -0.05) is 6.07 Å². The predicted molar refractivity (Wildman–Crippen MR) is 90.2 cm³/mol. The van der Waals surface area contributed by atoms with Crippen molar-refractivity contribution in [2.75, 3.05) is 19.8 Å². The molecule has 1 aliphatic heterocycles. The van der Waals surface area contributed by atoms with Crippen molar-refractivity contribution in [3.63, 3.8) is 0 Å². The molecule has 0 unspecified atom stereocenters. The molecule has 1 atom stereocenters. The summed E-state index contributed by atoms with van der Waals surface area (Å²) >= 11 is 0. The topological polar surface area (TPSA) is 93.6 Å². The number of nitrogens with one attached hydrogen (secondary N) is 1. The zero-order valence-electron chi connectivity index (χ0n) is 13.8. The van der Waals surface area contributed by atoms with E-state index >= 15 is 0 Å². The Morgan fingerprint density at radius 1 is 1.28 bits per heavy atom. The van der Waals surface area contributed by atoms with E-state index in [1.54, 1.807) is 36.5 Å². The highest BCUT2D eigenvalue weighted by molar-refractivity contribution is 5.93. The minimum atomic E-state index is -0.853. The number of aromatic nitrogens is 2. The van der Waals surface area contributed by atoms with E-state index < -0.39 is 6.10 Å². The van der Waals surface area contributed by atoms with Gasteiger partial charge in [-0.25, -0.2) is 4.98 Å². The number of ether oxygens (including phenoxy) is 2. The molecule has 0 bridgehead atoms. The highest BCUT2D eigenvalue weighted by atomic mass is 16.5. The van der Waals surface area contributed by atoms with E-state index in [9.17, 15) is 9.90 Å². The van der Waals surface area contributed by atoms with Crippen LogP contribution < -0.4 is 10.1 Å². The molecule has 2 aromatic rings. The van der Waals surface area contributed by atoms with E-state index in [2.05, 4.69) is 15.3 Å². The van der Waals surface area contributed by atoms with Gasteiger partial charge in [0.1, 0.15) is 12.2 Å². The van der Waals surface area contributed by atoms with E-state index in [0.29, 0.717) is 30.4 Å². The Kier molecular flexibility index (Phi) is 5.92. The summed E-state index contributed by atoms with van der Waals surface area (Å²) in [5, 5.41) is 12.7. The van der Waals surface area contributed by atoms with Crippen molar-refractivity contribution in [1.29, 1.82) is 0 Å². The first-order valence-corrected chi connectivity index (χ1v) is 8.30. The van der Waals surface area contributed by atoms with Crippen molar-refractivity contribution >= 4 is 5.91 Å². The fourth-order valence-electron chi connectivity index (χ4n) is 2.52. The Bertz CT molecular complexity index is 672. The lowest BCUT2D eigenvalue weighted by Crippen LogP contribution is -2.29. The van der Waals surface area contributed by atoms with E-state index in [-0.39, 0.29) is 18.6 Å². The Labute approximate surface area is 146 Å². The average Bonchev–Trinajstić information content (AvgIpc) is 2.68. The summed E-state index contributed by atoms with van der Waals surface area (Å²) < 4.78 is 11.1. The normalized spacial score (nSPS) is 16.2. The summed E-state index contributed by atoms with van der Waals surface area (Å²) in [7, 11) is 0. The first kappa shape index (κ1) is 17.3. The highest BCUT2D eigenvalue weighted by Gasteiger charge is 2.16. The highest BCUT2D eigenvalue weighted by Crippen LogP contribution is 2.16. The predicted octanol–water partition coefficient (Wildman–Crippen LogP) is 1.50. The largest absolute Gasteiger partial charge is 0.474 e. The maximum atomic E-state index is 12.1. The number of carbonyl (C=O) groups excluding carboxylic acids is 1. The van der Waals surface area contributed by atoms with Crippen LogP contribution >= 0.6 is 0 Å². The molecular formula is C18H21N3O4. The number of hydrogen-bond donors (Lipinski definition) is 2. The van der Waals surface area contributed by atoms with Gasteiger partial charge >= 0.3 is 0 Å². The standard InChI is InChI=1S/C18H21N3O4/c22-16(15-3-1-2-8-19-15)12-21-18(23)13-4-5-17(20-11-13)25-14-6-9-24-10-7-14/h1-5,8,11,14,16,22H,6-7,9-10,12H2,(H,21,23)/t16-/m0/s1. The van der Waals surface area contributed by atoms with E-state index in [0.717, 1.165) is 12.8 Å². The fraction of sp³-hybridized carbons (Fsp3) is 0.389. The molecule has 7 heteroatoms. The third-order valence-electron chi connectivity index (χ3n) is 3.94. The number of aliphatic hydroxyl groups excluding tert-OH is 1. The van der Waals surface area contributed by atoms with Gasteiger partial charge in [0.25, 0.3) is 5.91 Å². The molecule has 2 aromatic heterocycles. The van der Waals surface area contributed by atoms with Gasteiger partial charge in [0, 0.05) is 37.8 Å². The van der Waals surface area contributed by atoms with Crippen LogP contribution in [-0.4, -0.2) is 46.8 Å². The maximum Gasteiger partial charge on any atom is 0.252 e. The molecule has 1 saturated heterocycles. The Morgan fingerprint density at radius 3 is 2.80 bits per heavy atom. The molecule has 1 amide bonds. The zero-order valence-corrected chi connectivity index (χ0v) is 13.8. The molecule has 25 heavy (non-hydrogen) atoms. The number of carbonyl (C=O) groups is 1. The molecule has 1 aliphatic rings. The number of pyridine rings is 2. The second-order valence-electron chi connectivity index (χ2n) is 5.80. The van der Waals surface area contributed by atoms with Gasteiger partial charge in [-0.2, -0.15) is 0 Å². The Morgan fingerprint density at radius 2 is 2.12 bits per heavy atom. The Hall–Kier alpha value is -2.51. The average molecular weight is 343 g/mol. The first-order valence-electron chi connectivity index (χ1n) is 8.30. The smallest absolute Gasteiger partial charge is 0.252 e. The van der Waals surface area contributed by atoms with Gasteiger partial charge in [0.2, 0.25) is 5.88 Å². The summed E-state index contributed by atoms with van der Waals surface area (Å²) in [5.74, 6) is 0.192. The quantitative estimate of drug-likeness (QED) is 0.825. The molecule has 132 valence electrons. The lowest BCUT2D eigenvalue weighted by atomic mass is 10.1. The second-order valence-corrected chi connectivity index (χ2v) is 5.80. The van der Waals surface area contributed by atoms with Gasteiger partial charge in [-0.15, -0.1) is 0 Å². The number of hydrogen-bond acceptors (Lipinski definition) is 6. The van der Waals surface area contributed by atoms with Gasteiger partial charge in [-0.05, 0) is 18.2 Å². The molecule has 0 aromatic carbocycles. The first-order chi connectivity index (χ1) is 12.2. The lowest BCUT2D eigenvalue weighted by Gasteiger charge is -2.22. The molecule has 7 nitrogen and oxygen atoms in total. The van der Waals surface area contributed by atoms with Crippen LogP contribution in [0.1, 0.15) is 35.0 Å². The summed E-state index contributed by atoms with van der Waals surface area (Å²) in [5.41, 5.74) is 0.925. The van der Waals surface area contributed by atoms with Crippen LogP contribution in [0.3, 0.4) is 0 Å². The van der Waals surface area contributed by atoms with Gasteiger partial charge in [0.05, 0.1) is 24.5 Å². The monoisotopic (exact) mass is 343 g/mol. The third kappa shape index (κ3) is 4.98. The summed E-state index contributed by atoms with van der Waals surface area (Å²) in [6.45, 7) is 1.48. The van der Waals surface area contributed by atoms with Gasteiger partial charge < -0.3 is 19.9 Å². The molecule has 0 aliphatic carbocycles. The second kappa shape index (κ2) is 8.55. The van der Waals surface area contributed by atoms with Crippen molar-refractivity contribution in [2.24, 2.45) is 0 Å². The van der Waals surface area contributed by atoms with E-state index in [1.165, 1.54) is 6.20 Å². The number of nitrogens with zero attached hydrogens (tertiary/aromatic N) is 2. The van der Waals surface area contributed by atoms with Crippen molar-refractivity contribution in [1.82, 2.24) is 15.3 Å². The molecule has 0 saturated carbocycles. The molecule has 2 N–H and O–H groups in total. The van der Waals surface area contributed by atoms with Crippen LogP contribution in [0.25, 0.3) is 0 Å². The molecule has 0 spiro atoms. The Balaban J connectivity index is 1.50. The molecule has 1 fully saturated rings.